The number of cyclic esters (lactones) is 1. The standard InChI is InChI=1S/C19H20N4O4/c1-13-4-2-5-14(10-13)22-18(25)20-12-17(24)21-15-6-3-7-16(11-15)23-8-9-27-19(23)26/h2-7,10-11H,8-9,12H2,1H3,(H,21,24)(H2,20,22,25). The molecule has 3 N–H and O–H groups in total. The lowest BCUT2D eigenvalue weighted by Crippen LogP contribution is -2.35. The van der Waals surface area contributed by atoms with E-state index in [2.05, 4.69) is 16.0 Å². The average Bonchev–Trinajstić information content (AvgIpc) is 3.06. The van der Waals surface area contributed by atoms with E-state index in [-0.39, 0.29) is 12.5 Å². The summed E-state index contributed by atoms with van der Waals surface area (Å²) in [5.41, 5.74) is 2.84. The number of amides is 4. The fourth-order valence-corrected chi connectivity index (χ4v) is 2.64. The van der Waals surface area contributed by atoms with Crippen LogP contribution >= 0.6 is 0 Å². The lowest BCUT2D eigenvalue weighted by atomic mass is 10.2. The van der Waals surface area contributed by atoms with Crippen molar-refractivity contribution in [2.45, 2.75) is 6.92 Å². The van der Waals surface area contributed by atoms with Gasteiger partial charge in [-0.2, -0.15) is 0 Å². The molecule has 1 heterocycles. The van der Waals surface area contributed by atoms with Gasteiger partial charge in [0.1, 0.15) is 6.61 Å². The molecule has 0 aromatic heterocycles. The lowest BCUT2D eigenvalue weighted by Gasteiger charge is -2.14. The summed E-state index contributed by atoms with van der Waals surface area (Å²) in [5, 5.41) is 7.85. The maximum atomic E-state index is 12.1. The Hall–Kier alpha value is -3.55. The number of aryl methyl sites for hydroxylation is 1. The monoisotopic (exact) mass is 368 g/mol. The van der Waals surface area contributed by atoms with Crippen LogP contribution in [-0.4, -0.2) is 37.7 Å². The molecule has 3 rings (SSSR count). The fraction of sp³-hybridized carbons (Fsp3) is 0.211. The number of nitrogens with one attached hydrogen (secondary N) is 3. The predicted octanol–water partition coefficient (Wildman–Crippen LogP) is 2.71. The van der Waals surface area contributed by atoms with Crippen molar-refractivity contribution in [3.05, 3.63) is 54.1 Å². The van der Waals surface area contributed by atoms with Gasteiger partial charge in [0.2, 0.25) is 5.91 Å². The Labute approximate surface area is 156 Å². The van der Waals surface area contributed by atoms with Crippen molar-refractivity contribution in [3.8, 4) is 0 Å². The van der Waals surface area contributed by atoms with Crippen LogP contribution in [0.25, 0.3) is 0 Å². The number of carbonyl (C=O) groups is 3. The summed E-state index contributed by atoms with van der Waals surface area (Å²) in [6.07, 6.45) is -0.409. The van der Waals surface area contributed by atoms with Gasteiger partial charge in [-0.15, -0.1) is 0 Å². The Morgan fingerprint density at radius 1 is 1.07 bits per heavy atom. The van der Waals surface area contributed by atoms with Crippen LogP contribution in [0.1, 0.15) is 5.56 Å². The zero-order valence-corrected chi connectivity index (χ0v) is 14.8. The topological polar surface area (TPSA) is 99.8 Å². The summed E-state index contributed by atoms with van der Waals surface area (Å²) in [7, 11) is 0. The third kappa shape index (κ3) is 4.97. The third-order valence-electron chi connectivity index (χ3n) is 3.89. The normalized spacial score (nSPS) is 13.1. The van der Waals surface area contributed by atoms with Crippen LogP contribution in [0.15, 0.2) is 48.5 Å². The fourth-order valence-electron chi connectivity index (χ4n) is 2.64. The van der Waals surface area contributed by atoms with E-state index in [0.29, 0.717) is 30.2 Å². The SMILES string of the molecule is Cc1cccc(NC(=O)NCC(=O)Nc2cccc(N3CCOC3=O)c2)c1. The minimum atomic E-state index is -0.468. The summed E-state index contributed by atoms with van der Waals surface area (Å²) in [4.78, 5) is 37.1. The largest absolute Gasteiger partial charge is 0.447 e. The molecule has 1 aliphatic rings. The van der Waals surface area contributed by atoms with Crippen molar-refractivity contribution >= 4 is 35.1 Å². The Balaban J connectivity index is 1.50. The molecule has 2 aromatic rings. The highest BCUT2D eigenvalue weighted by molar-refractivity contribution is 5.97. The van der Waals surface area contributed by atoms with Crippen molar-refractivity contribution in [1.29, 1.82) is 0 Å². The van der Waals surface area contributed by atoms with Crippen molar-refractivity contribution in [2.75, 3.05) is 35.2 Å². The molecule has 4 amide bonds. The van der Waals surface area contributed by atoms with E-state index < -0.39 is 12.1 Å². The van der Waals surface area contributed by atoms with E-state index in [1.165, 1.54) is 4.90 Å². The molecule has 0 aliphatic carbocycles. The van der Waals surface area contributed by atoms with Crippen molar-refractivity contribution in [2.24, 2.45) is 0 Å². The number of anilines is 3. The van der Waals surface area contributed by atoms with Gasteiger partial charge in [0, 0.05) is 17.1 Å². The van der Waals surface area contributed by atoms with Gasteiger partial charge in [0.15, 0.2) is 0 Å². The Kier molecular flexibility index (Phi) is 5.55. The lowest BCUT2D eigenvalue weighted by molar-refractivity contribution is -0.115. The second kappa shape index (κ2) is 8.22. The van der Waals surface area contributed by atoms with Gasteiger partial charge < -0.3 is 20.7 Å². The average molecular weight is 368 g/mol. The summed E-state index contributed by atoms with van der Waals surface area (Å²) >= 11 is 0. The zero-order valence-electron chi connectivity index (χ0n) is 14.8. The molecule has 2 aromatic carbocycles. The van der Waals surface area contributed by atoms with E-state index in [4.69, 9.17) is 4.74 Å². The van der Waals surface area contributed by atoms with Gasteiger partial charge >= 0.3 is 12.1 Å². The first-order valence-electron chi connectivity index (χ1n) is 8.47. The van der Waals surface area contributed by atoms with Crippen LogP contribution in [0, 0.1) is 6.92 Å². The molecule has 0 radical (unpaired) electrons. The number of benzene rings is 2. The number of ether oxygens (including phenoxy) is 1. The van der Waals surface area contributed by atoms with Gasteiger partial charge in [0.05, 0.1) is 13.1 Å². The number of rotatable bonds is 5. The van der Waals surface area contributed by atoms with Crippen LogP contribution in [0.2, 0.25) is 0 Å². The maximum Gasteiger partial charge on any atom is 0.414 e. The van der Waals surface area contributed by atoms with Crippen molar-refractivity contribution in [3.63, 3.8) is 0 Å². The van der Waals surface area contributed by atoms with Gasteiger partial charge in [0.25, 0.3) is 0 Å². The minimum Gasteiger partial charge on any atom is -0.447 e. The molecule has 0 unspecified atom stereocenters. The Morgan fingerprint density at radius 2 is 1.81 bits per heavy atom. The number of nitrogens with zero attached hydrogens (tertiary/aromatic N) is 1. The molecule has 0 atom stereocenters. The van der Waals surface area contributed by atoms with Crippen molar-refractivity contribution < 1.29 is 19.1 Å². The van der Waals surface area contributed by atoms with E-state index in [9.17, 15) is 14.4 Å². The summed E-state index contributed by atoms with van der Waals surface area (Å²) in [6.45, 7) is 2.55. The van der Waals surface area contributed by atoms with E-state index >= 15 is 0 Å². The second-order valence-electron chi connectivity index (χ2n) is 6.04. The molecular weight excluding hydrogens is 348 g/mol. The quantitative estimate of drug-likeness (QED) is 0.755. The Morgan fingerprint density at radius 3 is 2.52 bits per heavy atom. The number of hydrogen-bond acceptors (Lipinski definition) is 4. The van der Waals surface area contributed by atoms with Crippen LogP contribution in [-0.2, 0) is 9.53 Å². The predicted molar refractivity (Wildman–Crippen MR) is 102 cm³/mol. The number of urea groups is 1. The van der Waals surface area contributed by atoms with Gasteiger partial charge in [-0.3, -0.25) is 9.69 Å². The highest BCUT2D eigenvalue weighted by Crippen LogP contribution is 2.22. The summed E-state index contributed by atoms with van der Waals surface area (Å²) in [5.74, 6) is -0.379. The highest BCUT2D eigenvalue weighted by Gasteiger charge is 2.23. The smallest absolute Gasteiger partial charge is 0.414 e. The third-order valence-corrected chi connectivity index (χ3v) is 3.89. The Bertz CT molecular complexity index is 868. The molecule has 8 nitrogen and oxygen atoms in total. The molecule has 8 heteroatoms. The van der Waals surface area contributed by atoms with E-state index in [0.717, 1.165) is 5.56 Å². The molecule has 140 valence electrons. The van der Waals surface area contributed by atoms with Crippen LogP contribution in [0.5, 0.6) is 0 Å². The van der Waals surface area contributed by atoms with E-state index in [1.807, 2.05) is 25.1 Å². The molecule has 1 saturated heterocycles. The van der Waals surface area contributed by atoms with Crippen LogP contribution in [0.3, 0.4) is 0 Å². The molecule has 1 fully saturated rings. The summed E-state index contributed by atoms with van der Waals surface area (Å²) in [6, 6.07) is 13.8. The number of hydrogen-bond donors (Lipinski definition) is 3. The first-order chi connectivity index (χ1) is 13.0. The van der Waals surface area contributed by atoms with Gasteiger partial charge in [-0.05, 0) is 42.8 Å². The summed E-state index contributed by atoms with van der Waals surface area (Å²) < 4.78 is 4.91. The van der Waals surface area contributed by atoms with Gasteiger partial charge in [-0.1, -0.05) is 18.2 Å². The molecule has 0 bridgehead atoms. The number of carbonyl (C=O) groups excluding carboxylic acids is 3. The zero-order chi connectivity index (χ0) is 19.2. The maximum absolute atomic E-state index is 12.1. The first kappa shape index (κ1) is 18.2. The molecule has 0 saturated carbocycles. The van der Waals surface area contributed by atoms with E-state index in [1.54, 1.807) is 30.3 Å². The van der Waals surface area contributed by atoms with Gasteiger partial charge in [-0.25, -0.2) is 9.59 Å². The second-order valence-corrected chi connectivity index (χ2v) is 6.04. The molecule has 1 aliphatic heterocycles. The first-order valence-corrected chi connectivity index (χ1v) is 8.47. The highest BCUT2D eigenvalue weighted by atomic mass is 16.6. The van der Waals surface area contributed by atoms with Crippen LogP contribution < -0.4 is 20.9 Å². The minimum absolute atomic E-state index is 0.187. The molecule has 27 heavy (non-hydrogen) atoms. The molecular formula is C19H20N4O4. The van der Waals surface area contributed by atoms with Crippen LogP contribution in [0.4, 0.5) is 26.7 Å². The van der Waals surface area contributed by atoms with Crippen molar-refractivity contribution in [1.82, 2.24) is 5.32 Å². The molecule has 0 spiro atoms.